The molecule has 2 rings (SSSR count). The highest BCUT2D eigenvalue weighted by Crippen LogP contribution is 2.31. The van der Waals surface area contributed by atoms with Crippen LogP contribution in [0.2, 0.25) is 0 Å². The molecule has 1 amide bonds. The Hall–Kier alpha value is -0.910. The standard InChI is InChI=1S/C14H20BrN3O/c1-9(16)13(10-4-6-11(15)7-5-10)18-8-2-3-12(18)14(17)19/h4-7,9,12-13H,2-3,8,16H2,1H3,(H2,17,19). The van der Waals surface area contributed by atoms with Crippen molar-refractivity contribution in [2.45, 2.75) is 37.9 Å². The maximum atomic E-state index is 11.6. The summed E-state index contributed by atoms with van der Waals surface area (Å²) in [5.41, 5.74) is 12.8. The van der Waals surface area contributed by atoms with Crippen LogP contribution in [-0.4, -0.2) is 29.4 Å². The number of likely N-dealkylation sites (tertiary alicyclic amines) is 1. The Kier molecular flexibility index (Phi) is 4.60. The van der Waals surface area contributed by atoms with E-state index in [4.69, 9.17) is 11.5 Å². The van der Waals surface area contributed by atoms with Gasteiger partial charge in [0.2, 0.25) is 5.91 Å². The first-order valence-electron chi connectivity index (χ1n) is 6.57. The van der Waals surface area contributed by atoms with Gasteiger partial charge in [0.15, 0.2) is 0 Å². The van der Waals surface area contributed by atoms with Gasteiger partial charge in [-0.3, -0.25) is 9.69 Å². The predicted octanol–water partition coefficient (Wildman–Crippen LogP) is 1.79. The quantitative estimate of drug-likeness (QED) is 0.886. The van der Waals surface area contributed by atoms with Crippen molar-refractivity contribution in [3.05, 3.63) is 34.3 Å². The summed E-state index contributed by atoms with van der Waals surface area (Å²) in [6, 6.07) is 7.89. The van der Waals surface area contributed by atoms with Gasteiger partial charge in [0, 0.05) is 10.5 Å². The van der Waals surface area contributed by atoms with Crippen molar-refractivity contribution in [2.75, 3.05) is 6.54 Å². The Morgan fingerprint density at radius 3 is 2.58 bits per heavy atom. The van der Waals surface area contributed by atoms with Crippen molar-refractivity contribution < 1.29 is 4.79 Å². The third kappa shape index (κ3) is 3.16. The van der Waals surface area contributed by atoms with E-state index in [9.17, 15) is 4.79 Å². The molecule has 1 aliphatic heterocycles. The second-order valence-electron chi connectivity index (χ2n) is 5.15. The van der Waals surface area contributed by atoms with Gasteiger partial charge in [-0.15, -0.1) is 0 Å². The highest BCUT2D eigenvalue weighted by Gasteiger charge is 2.36. The van der Waals surface area contributed by atoms with Gasteiger partial charge in [-0.05, 0) is 44.0 Å². The number of primary amides is 1. The molecule has 0 bridgehead atoms. The SMILES string of the molecule is CC(N)C(c1ccc(Br)cc1)N1CCCC1C(N)=O. The van der Waals surface area contributed by atoms with Crippen LogP contribution in [-0.2, 0) is 4.79 Å². The highest BCUT2D eigenvalue weighted by molar-refractivity contribution is 9.10. The summed E-state index contributed by atoms with van der Waals surface area (Å²) in [7, 11) is 0. The number of amides is 1. The number of carbonyl (C=O) groups excluding carboxylic acids is 1. The normalized spacial score (nSPS) is 23.2. The first kappa shape index (κ1) is 14.5. The fourth-order valence-corrected chi connectivity index (χ4v) is 3.15. The van der Waals surface area contributed by atoms with Crippen LogP contribution in [0.1, 0.15) is 31.4 Å². The van der Waals surface area contributed by atoms with E-state index in [1.807, 2.05) is 19.1 Å². The van der Waals surface area contributed by atoms with Crippen molar-refractivity contribution in [3.8, 4) is 0 Å². The molecule has 0 spiro atoms. The zero-order chi connectivity index (χ0) is 14.0. The Bertz CT molecular complexity index is 447. The van der Waals surface area contributed by atoms with Crippen LogP contribution in [0.5, 0.6) is 0 Å². The fourth-order valence-electron chi connectivity index (χ4n) is 2.88. The van der Waals surface area contributed by atoms with E-state index in [2.05, 4.69) is 33.0 Å². The lowest BCUT2D eigenvalue weighted by Crippen LogP contribution is -2.47. The van der Waals surface area contributed by atoms with E-state index in [1.165, 1.54) is 0 Å². The van der Waals surface area contributed by atoms with E-state index in [0.717, 1.165) is 29.4 Å². The zero-order valence-electron chi connectivity index (χ0n) is 11.1. The molecule has 1 aromatic rings. The molecule has 4 nitrogen and oxygen atoms in total. The molecule has 1 aliphatic rings. The molecule has 0 saturated carbocycles. The van der Waals surface area contributed by atoms with Crippen molar-refractivity contribution in [2.24, 2.45) is 11.5 Å². The maximum Gasteiger partial charge on any atom is 0.234 e. The van der Waals surface area contributed by atoms with E-state index < -0.39 is 0 Å². The minimum absolute atomic E-state index is 0.0353. The first-order valence-corrected chi connectivity index (χ1v) is 7.36. The Labute approximate surface area is 122 Å². The van der Waals surface area contributed by atoms with Crippen molar-refractivity contribution in [1.29, 1.82) is 0 Å². The molecule has 19 heavy (non-hydrogen) atoms. The minimum atomic E-state index is -0.250. The number of nitrogens with two attached hydrogens (primary N) is 2. The molecule has 1 heterocycles. The summed E-state index contributed by atoms with van der Waals surface area (Å²) in [5, 5.41) is 0. The smallest absolute Gasteiger partial charge is 0.234 e. The molecule has 5 heteroatoms. The number of rotatable bonds is 4. The Balaban J connectivity index is 2.30. The van der Waals surface area contributed by atoms with Gasteiger partial charge in [-0.2, -0.15) is 0 Å². The number of halogens is 1. The van der Waals surface area contributed by atoms with E-state index in [1.54, 1.807) is 0 Å². The molecule has 4 N–H and O–H groups in total. The van der Waals surface area contributed by atoms with Gasteiger partial charge in [0.25, 0.3) is 0 Å². The van der Waals surface area contributed by atoms with Gasteiger partial charge >= 0.3 is 0 Å². The second kappa shape index (κ2) is 6.03. The molecular weight excluding hydrogens is 306 g/mol. The third-order valence-electron chi connectivity index (χ3n) is 3.69. The molecule has 104 valence electrons. The van der Waals surface area contributed by atoms with Crippen molar-refractivity contribution in [3.63, 3.8) is 0 Å². The molecule has 3 atom stereocenters. The number of hydrogen-bond acceptors (Lipinski definition) is 3. The van der Waals surface area contributed by atoms with E-state index in [-0.39, 0.29) is 24.0 Å². The van der Waals surface area contributed by atoms with Crippen LogP contribution in [0.15, 0.2) is 28.7 Å². The van der Waals surface area contributed by atoms with Crippen molar-refractivity contribution in [1.82, 2.24) is 4.90 Å². The van der Waals surface area contributed by atoms with Crippen LogP contribution < -0.4 is 11.5 Å². The fraction of sp³-hybridized carbons (Fsp3) is 0.500. The Morgan fingerprint density at radius 2 is 2.05 bits per heavy atom. The first-order chi connectivity index (χ1) is 9.00. The number of nitrogens with zero attached hydrogens (tertiary/aromatic N) is 1. The van der Waals surface area contributed by atoms with E-state index in [0.29, 0.717) is 0 Å². The summed E-state index contributed by atoms with van der Waals surface area (Å²) in [4.78, 5) is 13.7. The molecular formula is C14H20BrN3O. The largest absolute Gasteiger partial charge is 0.368 e. The van der Waals surface area contributed by atoms with Gasteiger partial charge < -0.3 is 11.5 Å². The summed E-state index contributed by atoms with van der Waals surface area (Å²) in [6.45, 7) is 2.85. The van der Waals surface area contributed by atoms with Crippen LogP contribution in [0.4, 0.5) is 0 Å². The molecule has 0 aliphatic carbocycles. The van der Waals surface area contributed by atoms with Gasteiger partial charge in [0.05, 0.1) is 12.1 Å². The predicted molar refractivity (Wildman–Crippen MR) is 79.5 cm³/mol. The summed E-state index contributed by atoms with van der Waals surface area (Å²) < 4.78 is 1.03. The van der Waals surface area contributed by atoms with Crippen LogP contribution in [0, 0.1) is 0 Å². The number of carbonyl (C=O) groups is 1. The average Bonchev–Trinajstić information content (AvgIpc) is 2.80. The average molecular weight is 326 g/mol. The summed E-state index contributed by atoms with van der Waals surface area (Å²) in [5.74, 6) is -0.250. The monoisotopic (exact) mass is 325 g/mol. The summed E-state index contributed by atoms with van der Waals surface area (Å²) >= 11 is 3.43. The summed E-state index contributed by atoms with van der Waals surface area (Å²) in [6.07, 6.45) is 1.82. The van der Waals surface area contributed by atoms with Crippen LogP contribution in [0.3, 0.4) is 0 Å². The topological polar surface area (TPSA) is 72.3 Å². The van der Waals surface area contributed by atoms with Gasteiger partial charge in [-0.1, -0.05) is 28.1 Å². The molecule has 1 saturated heterocycles. The van der Waals surface area contributed by atoms with Crippen molar-refractivity contribution >= 4 is 21.8 Å². The zero-order valence-corrected chi connectivity index (χ0v) is 12.6. The second-order valence-corrected chi connectivity index (χ2v) is 6.07. The lowest BCUT2D eigenvalue weighted by Gasteiger charge is -2.34. The Morgan fingerprint density at radius 1 is 1.42 bits per heavy atom. The molecule has 3 unspecified atom stereocenters. The van der Waals surface area contributed by atoms with E-state index >= 15 is 0 Å². The van der Waals surface area contributed by atoms with Crippen LogP contribution in [0.25, 0.3) is 0 Å². The maximum absolute atomic E-state index is 11.6. The lowest BCUT2D eigenvalue weighted by atomic mass is 9.98. The molecule has 1 aromatic carbocycles. The lowest BCUT2D eigenvalue weighted by molar-refractivity contribution is -0.123. The molecule has 1 fully saturated rings. The molecule has 0 aromatic heterocycles. The third-order valence-corrected chi connectivity index (χ3v) is 4.22. The number of hydrogen-bond donors (Lipinski definition) is 2. The van der Waals surface area contributed by atoms with Crippen LogP contribution >= 0.6 is 15.9 Å². The van der Waals surface area contributed by atoms with Gasteiger partial charge in [0.1, 0.15) is 0 Å². The number of benzene rings is 1. The minimum Gasteiger partial charge on any atom is -0.368 e. The molecule has 0 radical (unpaired) electrons. The highest BCUT2D eigenvalue weighted by atomic mass is 79.9. The van der Waals surface area contributed by atoms with Gasteiger partial charge in [-0.25, -0.2) is 0 Å².